The van der Waals surface area contributed by atoms with Crippen LogP contribution >= 0.6 is 0 Å². The monoisotopic (exact) mass is 327 g/mol. The van der Waals surface area contributed by atoms with E-state index in [0.29, 0.717) is 37.0 Å². The van der Waals surface area contributed by atoms with Crippen LogP contribution in [0.25, 0.3) is 0 Å². The van der Waals surface area contributed by atoms with Gasteiger partial charge in [0.15, 0.2) is 11.5 Å². The zero-order valence-corrected chi connectivity index (χ0v) is 13.7. The molecule has 0 atom stereocenters. The van der Waals surface area contributed by atoms with Crippen LogP contribution in [0.2, 0.25) is 0 Å². The molecule has 0 spiro atoms. The Kier molecular flexibility index (Phi) is 5.21. The van der Waals surface area contributed by atoms with Crippen LogP contribution in [-0.2, 0) is 11.2 Å². The normalized spacial score (nSPS) is 12.5. The van der Waals surface area contributed by atoms with Crippen molar-refractivity contribution in [2.75, 3.05) is 25.1 Å². The Morgan fingerprint density at radius 3 is 2.58 bits per heavy atom. The van der Waals surface area contributed by atoms with E-state index in [1.165, 1.54) is 5.56 Å². The standard InChI is InChI=1S/C19H21NO4/c1-2-14-3-6-16(7-4-14)22-10-9-19(21)20-15-5-8-17-18(13-15)24-12-11-23-17/h3-8,13H,2,9-12H2,1H3,(H,20,21). The molecule has 1 aliphatic heterocycles. The van der Waals surface area contributed by atoms with E-state index in [1.807, 2.05) is 24.3 Å². The summed E-state index contributed by atoms with van der Waals surface area (Å²) in [4.78, 5) is 12.0. The zero-order chi connectivity index (χ0) is 16.8. The number of hydrogen-bond acceptors (Lipinski definition) is 4. The van der Waals surface area contributed by atoms with E-state index >= 15 is 0 Å². The van der Waals surface area contributed by atoms with Crippen LogP contribution in [0.1, 0.15) is 18.9 Å². The number of benzene rings is 2. The van der Waals surface area contributed by atoms with Gasteiger partial charge in [-0.05, 0) is 36.2 Å². The maximum Gasteiger partial charge on any atom is 0.227 e. The molecule has 5 heteroatoms. The molecule has 24 heavy (non-hydrogen) atoms. The summed E-state index contributed by atoms with van der Waals surface area (Å²) in [6, 6.07) is 13.3. The van der Waals surface area contributed by atoms with Crippen LogP contribution in [-0.4, -0.2) is 25.7 Å². The summed E-state index contributed by atoms with van der Waals surface area (Å²) in [5, 5.41) is 2.84. The first-order valence-electron chi connectivity index (χ1n) is 8.16. The smallest absolute Gasteiger partial charge is 0.227 e. The molecule has 0 fully saturated rings. The molecule has 5 nitrogen and oxygen atoms in total. The Hall–Kier alpha value is -2.69. The Bertz CT molecular complexity index is 697. The van der Waals surface area contributed by atoms with E-state index in [9.17, 15) is 4.79 Å². The highest BCUT2D eigenvalue weighted by molar-refractivity contribution is 5.91. The lowest BCUT2D eigenvalue weighted by molar-refractivity contribution is -0.116. The van der Waals surface area contributed by atoms with Crippen LogP contribution in [0.5, 0.6) is 17.2 Å². The van der Waals surface area contributed by atoms with Crippen molar-refractivity contribution >= 4 is 11.6 Å². The summed E-state index contributed by atoms with van der Waals surface area (Å²) in [5.74, 6) is 2.04. The van der Waals surface area contributed by atoms with Gasteiger partial charge in [0.2, 0.25) is 5.91 Å². The first-order valence-corrected chi connectivity index (χ1v) is 8.16. The van der Waals surface area contributed by atoms with E-state index in [-0.39, 0.29) is 12.3 Å². The molecule has 0 saturated carbocycles. The Labute approximate surface area is 141 Å². The van der Waals surface area contributed by atoms with Gasteiger partial charge in [0, 0.05) is 11.8 Å². The molecule has 2 aromatic carbocycles. The highest BCUT2D eigenvalue weighted by Gasteiger charge is 2.12. The van der Waals surface area contributed by atoms with Gasteiger partial charge in [0.1, 0.15) is 19.0 Å². The molecule has 0 unspecified atom stereocenters. The summed E-state index contributed by atoms with van der Waals surface area (Å²) < 4.78 is 16.6. The first-order chi connectivity index (χ1) is 11.7. The minimum Gasteiger partial charge on any atom is -0.493 e. The number of rotatable bonds is 6. The van der Waals surface area contributed by atoms with Gasteiger partial charge in [-0.3, -0.25) is 4.79 Å². The van der Waals surface area contributed by atoms with Gasteiger partial charge >= 0.3 is 0 Å². The summed E-state index contributed by atoms with van der Waals surface area (Å²) in [5.41, 5.74) is 1.95. The molecular weight excluding hydrogens is 306 g/mol. The second kappa shape index (κ2) is 7.73. The highest BCUT2D eigenvalue weighted by atomic mass is 16.6. The number of aryl methyl sites for hydroxylation is 1. The number of ether oxygens (including phenoxy) is 3. The number of hydrogen-bond donors (Lipinski definition) is 1. The molecule has 0 saturated heterocycles. The minimum atomic E-state index is -0.100. The molecule has 0 radical (unpaired) electrons. The topological polar surface area (TPSA) is 56.8 Å². The van der Waals surface area contributed by atoms with Crippen molar-refractivity contribution in [2.45, 2.75) is 19.8 Å². The predicted octanol–water partition coefficient (Wildman–Crippen LogP) is 3.43. The fourth-order valence-corrected chi connectivity index (χ4v) is 2.43. The molecule has 2 aromatic rings. The summed E-state index contributed by atoms with van der Waals surface area (Å²) in [6.07, 6.45) is 1.28. The van der Waals surface area contributed by atoms with Gasteiger partial charge < -0.3 is 19.5 Å². The average Bonchev–Trinajstić information content (AvgIpc) is 2.62. The third-order valence-electron chi connectivity index (χ3n) is 3.76. The van der Waals surface area contributed by atoms with E-state index < -0.39 is 0 Å². The van der Waals surface area contributed by atoms with E-state index in [2.05, 4.69) is 12.2 Å². The second-order valence-corrected chi connectivity index (χ2v) is 5.50. The van der Waals surface area contributed by atoms with Crippen molar-refractivity contribution < 1.29 is 19.0 Å². The highest BCUT2D eigenvalue weighted by Crippen LogP contribution is 2.32. The lowest BCUT2D eigenvalue weighted by Gasteiger charge is -2.19. The molecule has 0 aliphatic carbocycles. The number of fused-ring (bicyclic) bond motifs is 1. The number of amides is 1. The van der Waals surface area contributed by atoms with Gasteiger partial charge in [0.05, 0.1) is 13.0 Å². The third-order valence-corrected chi connectivity index (χ3v) is 3.76. The molecule has 0 bridgehead atoms. The van der Waals surface area contributed by atoms with Crippen molar-refractivity contribution in [1.82, 2.24) is 0 Å². The van der Waals surface area contributed by atoms with Crippen LogP contribution < -0.4 is 19.5 Å². The quantitative estimate of drug-likeness (QED) is 0.883. The van der Waals surface area contributed by atoms with Crippen LogP contribution in [0.3, 0.4) is 0 Å². The van der Waals surface area contributed by atoms with Crippen LogP contribution in [0.4, 0.5) is 5.69 Å². The zero-order valence-electron chi connectivity index (χ0n) is 13.7. The number of anilines is 1. The molecular formula is C19H21NO4. The van der Waals surface area contributed by atoms with Crippen LogP contribution in [0, 0.1) is 0 Å². The lowest BCUT2D eigenvalue weighted by Crippen LogP contribution is -2.17. The Balaban J connectivity index is 1.47. The molecule has 126 valence electrons. The second-order valence-electron chi connectivity index (χ2n) is 5.50. The van der Waals surface area contributed by atoms with Crippen LogP contribution in [0.15, 0.2) is 42.5 Å². The van der Waals surface area contributed by atoms with Gasteiger partial charge in [0.25, 0.3) is 0 Å². The number of carbonyl (C=O) groups is 1. The fraction of sp³-hybridized carbons (Fsp3) is 0.316. The molecule has 1 N–H and O–H groups in total. The predicted molar refractivity (Wildman–Crippen MR) is 92.0 cm³/mol. The van der Waals surface area contributed by atoms with E-state index in [4.69, 9.17) is 14.2 Å². The Morgan fingerprint density at radius 1 is 1.08 bits per heavy atom. The maximum atomic E-state index is 12.0. The van der Waals surface area contributed by atoms with Gasteiger partial charge in [-0.2, -0.15) is 0 Å². The fourth-order valence-electron chi connectivity index (χ4n) is 2.43. The number of carbonyl (C=O) groups excluding carboxylic acids is 1. The van der Waals surface area contributed by atoms with Gasteiger partial charge in [-0.1, -0.05) is 19.1 Å². The average molecular weight is 327 g/mol. The first kappa shape index (κ1) is 16.2. The van der Waals surface area contributed by atoms with Crippen molar-refractivity contribution in [2.24, 2.45) is 0 Å². The summed E-state index contributed by atoms with van der Waals surface area (Å²) >= 11 is 0. The van der Waals surface area contributed by atoms with Gasteiger partial charge in [-0.15, -0.1) is 0 Å². The van der Waals surface area contributed by atoms with E-state index in [1.54, 1.807) is 18.2 Å². The third kappa shape index (κ3) is 4.19. The SMILES string of the molecule is CCc1ccc(OCCC(=O)Nc2ccc3c(c2)OCCO3)cc1. The molecule has 1 amide bonds. The van der Waals surface area contributed by atoms with Crippen molar-refractivity contribution in [3.8, 4) is 17.2 Å². The largest absolute Gasteiger partial charge is 0.493 e. The minimum absolute atomic E-state index is 0.100. The maximum absolute atomic E-state index is 12.0. The summed E-state index contributed by atoms with van der Waals surface area (Å²) in [7, 11) is 0. The lowest BCUT2D eigenvalue weighted by atomic mass is 10.2. The molecule has 3 rings (SSSR count). The molecule has 1 aliphatic rings. The van der Waals surface area contributed by atoms with Gasteiger partial charge in [-0.25, -0.2) is 0 Å². The number of nitrogens with one attached hydrogen (secondary N) is 1. The Morgan fingerprint density at radius 2 is 1.83 bits per heavy atom. The van der Waals surface area contributed by atoms with Crippen molar-refractivity contribution in [3.63, 3.8) is 0 Å². The molecule has 1 heterocycles. The van der Waals surface area contributed by atoms with Crippen molar-refractivity contribution in [3.05, 3.63) is 48.0 Å². The summed E-state index contributed by atoms with van der Waals surface area (Å²) in [6.45, 7) is 3.52. The van der Waals surface area contributed by atoms with Crippen molar-refractivity contribution in [1.29, 1.82) is 0 Å². The van der Waals surface area contributed by atoms with E-state index in [0.717, 1.165) is 12.2 Å². The molecule has 0 aromatic heterocycles.